The van der Waals surface area contributed by atoms with Gasteiger partial charge < -0.3 is 11.1 Å². The van der Waals surface area contributed by atoms with E-state index in [0.717, 1.165) is 0 Å². The number of hydrogen-bond acceptors (Lipinski definition) is 4. The summed E-state index contributed by atoms with van der Waals surface area (Å²) in [5.74, 6) is 0. The van der Waals surface area contributed by atoms with E-state index in [1.54, 1.807) is 30.3 Å². The van der Waals surface area contributed by atoms with E-state index in [1.165, 1.54) is 6.07 Å². The van der Waals surface area contributed by atoms with Gasteiger partial charge in [0.25, 0.3) is 0 Å². The Morgan fingerprint density at radius 1 is 1.10 bits per heavy atom. The van der Waals surface area contributed by atoms with Crippen LogP contribution in [0, 0.1) is 0 Å². The average molecular weight is 377 g/mol. The van der Waals surface area contributed by atoms with Crippen LogP contribution in [0.2, 0.25) is 5.02 Å². The van der Waals surface area contributed by atoms with Crippen LogP contribution in [0.15, 0.2) is 45.8 Å². The predicted octanol–water partition coefficient (Wildman–Crippen LogP) is 3.08. The van der Waals surface area contributed by atoms with Gasteiger partial charge in [-0.05, 0) is 40.2 Å². The number of rotatable bonds is 3. The third-order valence-electron chi connectivity index (χ3n) is 2.59. The molecule has 0 atom stereocenters. The highest BCUT2D eigenvalue weighted by molar-refractivity contribution is 9.10. The molecule has 0 saturated heterocycles. The van der Waals surface area contributed by atoms with Gasteiger partial charge in [-0.15, -0.1) is 0 Å². The largest absolute Gasteiger partial charge is 0.396 e. The molecule has 0 aliphatic rings. The van der Waals surface area contributed by atoms with Crippen LogP contribution in [0.3, 0.4) is 0 Å². The second-order valence-electron chi connectivity index (χ2n) is 3.99. The highest BCUT2D eigenvalue weighted by Gasteiger charge is 2.15. The van der Waals surface area contributed by atoms with Crippen molar-refractivity contribution in [3.05, 3.63) is 45.9 Å². The molecule has 20 heavy (non-hydrogen) atoms. The fourth-order valence-corrected chi connectivity index (χ4v) is 2.87. The van der Waals surface area contributed by atoms with Crippen molar-refractivity contribution in [2.24, 2.45) is 5.14 Å². The zero-order chi connectivity index (χ0) is 14.9. The van der Waals surface area contributed by atoms with Gasteiger partial charge in [-0.3, -0.25) is 0 Å². The van der Waals surface area contributed by atoms with Crippen LogP contribution < -0.4 is 16.2 Å². The monoisotopic (exact) mass is 375 g/mol. The molecule has 0 bridgehead atoms. The number of benzene rings is 2. The van der Waals surface area contributed by atoms with Crippen LogP contribution in [0.1, 0.15) is 0 Å². The number of nitrogen functional groups attached to an aromatic ring is 1. The lowest BCUT2D eigenvalue weighted by molar-refractivity contribution is 0.598. The Labute approximate surface area is 130 Å². The second kappa shape index (κ2) is 5.61. The summed E-state index contributed by atoms with van der Waals surface area (Å²) in [6.45, 7) is 0. The van der Waals surface area contributed by atoms with E-state index in [1.807, 2.05) is 0 Å². The molecule has 0 aliphatic carbocycles. The molecule has 2 rings (SSSR count). The number of nitrogens with one attached hydrogen (secondary N) is 1. The molecule has 0 aromatic heterocycles. The molecule has 0 saturated carbocycles. The first-order chi connectivity index (χ1) is 9.30. The molecular formula is C12H11BrClN3O2S. The van der Waals surface area contributed by atoms with Crippen molar-refractivity contribution in [2.45, 2.75) is 4.90 Å². The Kier molecular flexibility index (Phi) is 4.24. The van der Waals surface area contributed by atoms with Crippen LogP contribution in [0.5, 0.6) is 0 Å². The molecule has 0 heterocycles. The van der Waals surface area contributed by atoms with Crippen LogP contribution in [-0.2, 0) is 10.0 Å². The van der Waals surface area contributed by atoms with Gasteiger partial charge in [-0.1, -0.05) is 23.7 Å². The lowest BCUT2D eigenvalue weighted by atomic mass is 10.2. The zero-order valence-corrected chi connectivity index (χ0v) is 13.3. The zero-order valence-electron chi connectivity index (χ0n) is 10.1. The SMILES string of the molecule is Nc1c(Nc2cccc(Cl)c2Br)cccc1S(N)(=O)=O. The van der Waals surface area contributed by atoms with Crippen molar-refractivity contribution >= 4 is 54.6 Å². The summed E-state index contributed by atoms with van der Waals surface area (Å²) in [6, 6.07) is 9.81. The van der Waals surface area contributed by atoms with E-state index in [0.29, 0.717) is 20.9 Å². The molecule has 2 aromatic carbocycles. The lowest BCUT2D eigenvalue weighted by Crippen LogP contribution is -2.15. The van der Waals surface area contributed by atoms with E-state index in [2.05, 4.69) is 21.2 Å². The summed E-state index contributed by atoms with van der Waals surface area (Å²) in [5, 5.41) is 8.65. The van der Waals surface area contributed by atoms with Gasteiger partial charge in [0, 0.05) is 0 Å². The minimum Gasteiger partial charge on any atom is -0.396 e. The Morgan fingerprint density at radius 2 is 1.70 bits per heavy atom. The smallest absolute Gasteiger partial charge is 0.240 e. The third kappa shape index (κ3) is 3.06. The molecule has 0 amide bonds. The lowest BCUT2D eigenvalue weighted by Gasteiger charge is -2.13. The van der Waals surface area contributed by atoms with E-state index in [4.69, 9.17) is 22.5 Å². The Morgan fingerprint density at radius 3 is 2.35 bits per heavy atom. The first-order valence-corrected chi connectivity index (χ1v) is 8.15. The second-order valence-corrected chi connectivity index (χ2v) is 6.72. The Bertz CT molecular complexity index is 765. The average Bonchev–Trinajstić information content (AvgIpc) is 2.36. The van der Waals surface area contributed by atoms with Crippen LogP contribution in [0.4, 0.5) is 17.1 Å². The first kappa shape index (κ1) is 15.1. The highest BCUT2D eigenvalue weighted by Crippen LogP contribution is 2.35. The number of para-hydroxylation sites is 1. The number of primary sulfonamides is 1. The van der Waals surface area contributed by atoms with Crippen molar-refractivity contribution in [2.75, 3.05) is 11.1 Å². The molecule has 5 N–H and O–H groups in total. The summed E-state index contributed by atoms with van der Waals surface area (Å²) < 4.78 is 23.5. The van der Waals surface area contributed by atoms with Crippen molar-refractivity contribution in [3.63, 3.8) is 0 Å². The van der Waals surface area contributed by atoms with Crippen LogP contribution in [0.25, 0.3) is 0 Å². The number of anilines is 3. The van der Waals surface area contributed by atoms with E-state index >= 15 is 0 Å². The summed E-state index contributed by atoms with van der Waals surface area (Å²) in [7, 11) is -3.87. The van der Waals surface area contributed by atoms with E-state index < -0.39 is 10.0 Å². The Hall–Kier alpha value is -1.28. The minimum atomic E-state index is -3.87. The summed E-state index contributed by atoms with van der Waals surface area (Å²) in [5.41, 5.74) is 6.99. The van der Waals surface area contributed by atoms with Crippen molar-refractivity contribution in [3.8, 4) is 0 Å². The van der Waals surface area contributed by atoms with Crippen LogP contribution >= 0.6 is 27.5 Å². The fourth-order valence-electron chi connectivity index (χ4n) is 1.65. The molecule has 0 fully saturated rings. The van der Waals surface area contributed by atoms with Gasteiger partial charge >= 0.3 is 0 Å². The predicted molar refractivity (Wildman–Crippen MR) is 84.7 cm³/mol. The Balaban J connectivity index is 2.48. The fraction of sp³-hybridized carbons (Fsp3) is 0. The summed E-state index contributed by atoms with van der Waals surface area (Å²) >= 11 is 9.33. The van der Waals surface area contributed by atoms with Gasteiger partial charge in [-0.2, -0.15) is 0 Å². The molecule has 0 aliphatic heterocycles. The molecule has 0 spiro atoms. The molecule has 0 radical (unpaired) electrons. The number of sulfonamides is 1. The third-order valence-corrected chi connectivity index (χ3v) is 4.96. The molecule has 0 unspecified atom stereocenters. The quantitative estimate of drug-likeness (QED) is 0.717. The van der Waals surface area contributed by atoms with Crippen molar-refractivity contribution in [1.29, 1.82) is 0 Å². The maximum absolute atomic E-state index is 11.4. The molecule has 5 nitrogen and oxygen atoms in total. The molecule has 106 valence electrons. The van der Waals surface area contributed by atoms with Gasteiger partial charge in [0.2, 0.25) is 10.0 Å². The van der Waals surface area contributed by atoms with Crippen molar-refractivity contribution < 1.29 is 8.42 Å². The highest BCUT2D eigenvalue weighted by atomic mass is 79.9. The van der Waals surface area contributed by atoms with Gasteiger partial charge in [0.15, 0.2) is 0 Å². The number of nitrogens with two attached hydrogens (primary N) is 2. The minimum absolute atomic E-state index is 0.0573. The molecular weight excluding hydrogens is 366 g/mol. The van der Waals surface area contributed by atoms with Gasteiger partial charge in [0.05, 0.1) is 26.6 Å². The van der Waals surface area contributed by atoms with Gasteiger partial charge in [0.1, 0.15) is 4.90 Å². The van der Waals surface area contributed by atoms with E-state index in [-0.39, 0.29) is 10.6 Å². The van der Waals surface area contributed by atoms with E-state index in [9.17, 15) is 8.42 Å². The van der Waals surface area contributed by atoms with Crippen LogP contribution in [-0.4, -0.2) is 8.42 Å². The summed E-state index contributed by atoms with van der Waals surface area (Å²) in [6.07, 6.45) is 0. The normalized spacial score (nSPS) is 11.3. The maximum Gasteiger partial charge on any atom is 0.240 e. The number of halogens is 2. The first-order valence-electron chi connectivity index (χ1n) is 5.43. The van der Waals surface area contributed by atoms with Crippen molar-refractivity contribution in [1.82, 2.24) is 0 Å². The molecule has 2 aromatic rings. The standard InChI is InChI=1S/C12H11BrClN3O2S/c13-11-7(14)3-1-4-8(11)17-9-5-2-6-10(12(9)15)20(16,18)19/h1-6,17H,15H2,(H2,16,18,19). The van der Waals surface area contributed by atoms with Gasteiger partial charge in [-0.25, -0.2) is 13.6 Å². The topological polar surface area (TPSA) is 98.2 Å². The summed E-state index contributed by atoms with van der Waals surface area (Å²) in [4.78, 5) is -0.124. The number of hydrogen-bond donors (Lipinski definition) is 3. The maximum atomic E-state index is 11.4. The molecule has 8 heteroatoms.